The summed E-state index contributed by atoms with van der Waals surface area (Å²) in [5, 5.41) is 1.31. The first-order chi connectivity index (χ1) is 8.98. The van der Waals surface area contributed by atoms with Gasteiger partial charge in [-0.3, -0.25) is 11.3 Å². The van der Waals surface area contributed by atoms with Crippen molar-refractivity contribution in [2.45, 2.75) is 45.3 Å². The molecule has 0 aliphatic rings. The Bertz CT molecular complexity index is 394. The molecule has 5 heteroatoms. The summed E-state index contributed by atoms with van der Waals surface area (Å²) < 4.78 is 5.85. The monoisotopic (exact) mass is 304 g/mol. The Morgan fingerprint density at radius 1 is 1.32 bits per heavy atom. The lowest BCUT2D eigenvalue weighted by Crippen LogP contribution is -2.54. The van der Waals surface area contributed by atoms with E-state index in [1.807, 2.05) is 32.0 Å². The van der Waals surface area contributed by atoms with Crippen molar-refractivity contribution in [3.8, 4) is 0 Å². The summed E-state index contributed by atoms with van der Waals surface area (Å²) >= 11 is 12.4. The molecular weight excluding hydrogens is 283 g/mol. The normalized spacial score (nSPS) is 16.1. The van der Waals surface area contributed by atoms with E-state index in [9.17, 15) is 0 Å². The minimum atomic E-state index is -0.355. The van der Waals surface area contributed by atoms with Gasteiger partial charge < -0.3 is 4.74 Å². The van der Waals surface area contributed by atoms with Crippen LogP contribution in [0.15, 0.2) is 18.2 Å². The van der Waals surface area contributed by atoms with Crippen LogP contribution >= 0.6 is 23.2 Å². The minimum Gasteiger partial charge on any atom is -0.374 e. The van der Waals surface area contributed by atoms with Crippen molar-refractivity contribution < 1.29 is 4.74 Å². The number of ether oxygens (including phenoxy) is 1. The highest BCUT2D eigenvalue weighted by Gasteiger charge is 2.33. The van der Waals surface area contributed by atoms with E-state index in [-0.39, 0.29) is 11.6 Å². The van der Waals surface area contributed by atoms with Gasteiger partial charge in [-0.15, -0.1) is 0 Å². The Balaban J connectivity index is 2.99. The standard InChI is InChI=1S/C14H22Cl2N2O/c1-4-14(3,19-5-2)13(18-17)9-10-11(15)7-6-8-12(10)16/h6-8,13,18H,4-5,9,17H2,1-3H3. The van der Waals surface area contributed by atoms with Crippen molar-refractivity contribution in [1.82, 2.24) is 5.43 Å². The van der Waals surface area contributed by atoms with Crippen LogP contribution in [0.2, 0.25) is 10.0 Å². The van der Waals surface area contributed by atoms with E-state index in [0.29, 0.717) is 23.1 Å². The number of rotatable bonds is 7. The van der Waals surface area contributed by atoms with Crippen molar-refractivity contribution in [2.75, 3.05) is 6.61 Å². The molecule has 0 radical (unpaired) electrons. The molecule has 0 aliphatic carbocycles. The molecule has 3 N–H and O–H groups in total. The fourth-order valence-electron chi connectivity index (χ4n) is 2.16. The number of nitrogens with two attached hydrogens (primary N) is 1. The van der Waals surface area contributed by atoms with E-state index in [0.717, 1.165) is 12.0 Å². The van der Waals surface area contributed by atoms with Crippen molar-refractivity contribution in [1.29, 1.82) is 0 Å². The first-order valence-corrected chi connectivity index (χ1v) is 7.27. The highest BCUT2D eigenvalue weighted by molar-refractivity contribution is 6.36. The molecule has 0 fully saturated rings. The maximum absolute atomic E-state index is 6.21. The summed E-state index contributed by atoms with van der Waals surface area (Å²) in [5.74, 6) is 5.70. The second kappa shape index (κ2) is 7.46. The van der Waals surface area contributed by atoms with Crippen molar-refractivity contribution in [3.63, 3.8) is 0 Å². The molecule has 0 spiro atoms. The number of hydrogen-bond acceptors (Lipinski definition) is 3. The van der Waals surface area contributed by atoms with Gasteiger partial charge >= 0.3 is 0 Å². The summed E-state index contributed by atoms with van der Waals surface area (Å²) in [5.41, 5.74) is 3.38. The lowest BCUT2D eigenvalue weighted by atomic mass is 9.88. The Morgan fingerprint density at radius 2 is 1.89 bits per heavy atom. The lowest BCUT2D eigenvalue weighted by molar-refractivity contribution is -0.0550. The summed E-state index contributed by atoms with van der Waals surface area (Å²) in [4.78, 5) is 0. The quantitative estimate of drug-likeness (QED) is 0.598. The Kier molecular flexibility index (Phi) is 6.57. The molecule has 2 unspecified atom stereocenters. The lowest BCUT2D eigenvalue weighted by Gasteiger charge is -2.36. The van der Waals surface area contributed by atoms with E-state index in [4.69, 9.17) is 33.8 Å². The van der Waals surface area contributed by atoms with Gasteiger partial charge in [-0.05, 0) is 44.4 Å². The molecule has 0 heterocycles. The summed E-state index contributed by atoms with van der Waals surface area (Å²) in [6.45, 7) is 6.74. The van der Waals surface area contributed by atoms with Gasteiger partial charge in [-0.25, -0.2) is 0 Å². The predicted octanol–water partition coefficient (Wildman–Crippen LogP) is 3.57. The number of benzene rings is 1. The summed E-state index contributed by atoms with van der Waals surface area (Å²) in [6.07, 6.45) is 1.47. The molecule has 0 saturated carbocycles. The van der Waals surface area contributed by atoms with Crippen LogP contribution in [0.5, 0.6) is 0 Å². The Hall–Kier alpha value is -0.320. The third kappa shape index (κ3) is 4.07. The Labute approximate surface area is 125 Å². The molecule has 1 rings (SSSR count). The molecule has 0 bridgehead atoms. The molecule has 0 aliphatic heterocycles. The largest absolute Gasteiger partial charge is 0.374 e. The summed E-state index contributed by atoms with van der Waals surface area (Å²) in [7, 11) is 0. The zero-order valence-electron chi connectivity index (χ0n) is 11.7. The molecule has 3 nitrogen and oxygen atoms in total. The Morgan fingerprint density at radius 3 is 2.32 bits per heavy atom. The molecular formula is C14H22Cl2N2O. The topological polar surface area (TPSA) is 47.3 Å². The van der Waals surface area contributed by atoms with Crippen molar-refractivity contribution >= 4 is 23.2 Å². The van der Waals surface area contributed by atoms with Crippen molar-refractivity contribution in [2.24, 2.45) is 5.84 Å². The molecule has 1 aromatic rings. The molecule has 1 aromatic carbocycles. The maximum atomic E-state index is 6.21. The fraction of sp³-hybridized carbons (Fsp3) is 0.571. The van der Waals surface area contributed by atoms with Crippen LogP contribution in [0.1, 0.15) is 32.8 Å². The van der Waals surface area contributed by atoms with E-state index in [1.165, 1.54) is 0 Å². The molecule has 0 saturated heterocycles. The average molecular weight is 305 g/mol. The molecule has 2 atom stereocenters. The second-order valence-electron chi connectivity index (χ2n) is 4.72. The van der Waals surface area contributed by atoms with Crippen molar-refractivity contribution in [3.05, 3.63) is 33.8 Å². The van der Waals surface area contributed by atoms with Crippen LogP contribution < -0.4 is 11.3 Å². The smallest absolute Gasteiger partial charge is 0.0820 e. The van der Waals surface area contributed by atoms with Crippen LogP contribution in [0.3, 0.4) is 0 Å². The molecule has 0 amide bonds. The number of nitrogens with one attached hydrogen (secondary N) is 1. The van der Waals surface area contributed by atoms with E-state index >= 15 is 0 Å². The van der Waals surface area contributed by atoms with Crippen LogP contribution in [-0.4, -0.2) is 18.2 Å². The number of hydrazine groups is 1. The van der Waals surface area contributed by atoms with Gasteiger partial charge in [0, 0.05) is 16.7 Å². The predicted molar refractivity (Wildman–Crippen MR) is 81.6 cm³/mol. The highest BCUT2D eigenvalue weighted by atomic mass is 35.5. The maximum Gasteiger partial charge on any atom is 0.0820 e. The average Bonchev–Trinajstić information content (AvgIpc) is 2.38. The second-order valence-corrected chi connectivity index (χ2v) is 5.54. The number of hydrogen-bond donors (Lipinski definition) is 2. The zero-order valence-corrected chi connectivity index (χ0v) is 13.2. The fourth-order valence-corrected chi connectivity index (χ4v) is 2.71. The van der Waals surface area contributed by atoms with Gasteiger partial charge in [0.05, 0.1) is 11.6 Å². The van der Waals surface area contributed by atoms with Crippen LogP contribution in [0.4, 0.5) is 0 Å². The van der Waals surface area contributed by atoms with E-state index in [2.05, 4.69) is 12.3 Å². The van der Waals surface area contributed by atoms with E-state index in [1.54, 1.807) is 0 Å². The molecule has 0 aromatic heterocycles. The van der Waals surface area contributed by atoms with E-state index < -0.39 is 0 Å². The highest BCUT2D eigenvalue weighted by Crippen LogP contribution is 2.29. The van der Waals surface area contributed by atoms with Gasteiger partial charge in [0.25, 0.3) is 0 Å². The SMILES string of the molecule is CCOC(C)(CC)C(Cc1c(Cl)cccc1Cl)NN. The van der Waals surface area contributed by atoms with Gasteiger partial charge in [-0.2, -0.15) is 0 Å². The third-order valence-electron chi connectivity index (χ3n) is 3.58. The van der Waals surface area contributed by atoms with Gasteiger partial charge in [0.15, 0.2) is 0 Å². The zero-order chi connectivity index (χ0) is 14.5. The molecule has 19 heavy (non-hydrogen) atoms. The van der Waals surface area contributed by atoms with Gasteiger partial charge in [-0.1, -0.05) is 36.2 Å². The molecule has 108 valence electrons. The van der Waals surface area contributed by atoms with Gasteiger partial charge in [0.2, 0.25) is 0 Å². The summed E-state index contributed by atoms with van der Waals surface area (Å²) in [6, 6.07) is 5.44. The first-order valence-electron chi connectivity index (χ1n) is 6.51. The minimum absolute atomic E-state index is 0.0603. The first kappa shape index (κ1) is 16.7. The van der Waals surface area contributed by atoms with Crippen LogP contribution in [0, 0.1) is 0 Å². The van der Waals surface area contributed by atoms with Crippen LogP contribution in [0.25, 0.3) is 0 Å². The van der Waals surface area contributed by atoms with Crippen LogP contribution in [-0.2, 0) is 11.2 Å². The third-order valence-corrected chi connectivity index (χ3v) is 4.29. The number of halogens is 2. The van der Waals surface area contributed by atoms with Gasteiger partial charge in [0.1, 0.15) is 0 Å².